The Morgan fingerprint density at radius 2 is 2.06 bits per heavy atom. The first-order valence-corrected chi connectivity index (χ1v) is 10.2. The highest BCUT2D eigenvalue weighted by Crippen LogP contribution is 2.26. The molecule has 9 heteroatoms. The highest BCUT2D eigenvalue weighted by molar-refractivity contribution is 6.31. The third kappa shape index (κ3) is 3.63. The van der Waals surface area contributed by atoms with Gasteiger partial charge in [0, 0.05) is 22.7 Å². The molecule has 0 amide bonds. The first-order chi connectivity index (χ1) is 15.0. The average molecular weight is 440 g/mol. The molecule has 2 aromatic heterocycles. The number of rotatable bonds is 6. The lowest BCUT2D eigenvalue weighted by Crippen LogP contribution is -2.24. The second-order valence-electron chi connectivity index (χ2n) is 7.43. The number of methoxy groups -OCH3 is 1. The van der Waals surface area contributed by atoms with Crippen molar-refractivity contribution in [2.24, 2.45) is 0 Å². The van der Waals surface area contributed by atoms with Crippen LogP contribution in [0.25, 0.3) is 16.9 Å². The molecule has 7 nitrogen and oxygen atoms in total. The molecule has 0 saturated heterocycles. The summed E-state index contributed by atoms with van der Waals surface area (Å²) in [5.74, 6) is 0.579. The minimum atomic E-state index is -0.477. The van der Waals surface area contributed by atoms with Crippen LogP contribution >= 0.6 is 11.6 Å². The van der Waals surface area contributed by atoms with E-state index in [9.17, 15) is 9.18 Å². The molecule has 1 fully saturated rings. The van der Waals surface area contributed by atoms with E-state index < -0.39 is 5.82 Å². The maximum Gasteiger partial charge on any atom is 0.335 e. The molecular weight excluding hydrogens is 421 g/mol. The molecular formula is C22H19ClFN5O2. The molecule has 1 saturated carbocycles. The van der Waals surface area contributed by atoms with E-state index in [0.717, 1.165) is 12.8 Å². The Balaban J connectivity index is 1.72. The summed E-state index contributed by atoms with van der Waals surface area (Å²) in [5, 5.41) is 3.51. The van der Waals surface area contributed by atoms with Gasteiger partial charge < -0.3 is 10.1 Å². The minimum Gasteiger partial charge on any atom is -0.497 e. The second-order valence-corrected chi connectivity index (χ2v) is 7.83. The number of anilines is 1. The summed E-state index contributed by atoms with van der Waals surface area (Å²) in [5.41, 5.74) is 1.35. The van der Waals surface area contributed by atoms with E-state index in [4.69, 9.17) is 16.3 Å². The van der Waals surface area contributed by atoms with Crippen molar-refractivity contribution >= 4 is 28.7 Å². The van der Waals surface area contributed by atoms with Gasteiger partial charge in [-0.05, 0) is 37.1 Å². The van der Waals surface area contributed by atoms with E-state index in [1.54, 1.807) is 43.6 Å². The SMILES string of the molecule is COc1cccc(-n2c(=O)n(Cc3c(F)cccc3Cl)c3cnc(NC4CC4)nc32)c1. The maximum absolute atomic E-state index is 14.4. The fourth-order valence-electron chi connectivity index (χ4n) is 3.49. The predicted molar refractivity (Wildman–Crippen MR) is 117 cm³/mol. The van der Waals surface area contributed by atoms with Gasteiger partial charge in [-0.3, -0.25) is 4.57 Å². The molecule has 158 valence electrons. The Morgan fingerprint density at radius 3 is 2.81 bits per heavy atom. The average Bonchev–Trinajstić information content (AvgIpc) is 3.54. The predicted octanol–water partition coefficient (Wildman–Crippen LogP) is 4.01. The molecule has 1 aliphatic carbocycles. The van der Waals surface area contributed by atoms with E-state index in [2.05, 4.69) is 15.3 Å². The number of benzene rings is 2. The Bertz CT molecular complexity index is 1330. The van der Waals surface area contributed by atoms with Crippen LogP contribution in [0.3, 0.4) is 0 Å². The first kappa shape index (κ1) is 19.6. The standard InChI is InChI=1S/C22H19ClFN5O2/c1-31-15-5-2-4-14(10-15)29-20-19(11-25-21(27-20)26-13-8-9-13)28(22(29)30)12-16-17(23)6-3-7-18(16)24/h2-7,10-11,13H,8-9,12H2,1H3,(H,25,26,27). The van der Waals surface area contributed by atoms with Crippen LogP contribution in [-0.2, 0) is 6.54 Å². The molecule has 1 N–H and O–H groups in total. The van der Waals surface area contributed by atoms with Crippen LogP contribution < -0.4 is 15.7 Å². The number of hydrogen-bond donors (Lipinski definition) is 1. The van der Waals surface area contributed by atoms with Gasteiger partial charge in [0.05, 0.1) is 25.5 Å². The molecule has 0 bridgehead atoms. The fraction of sp³-hybridized carbons (Fsp3) is 0.227. The topological polar surface area (TPSA) is 74.0 Å². The Morgan fingerprint density at radius 1 is 1.26 bits per heavy atom. The first-order valence-electron chi connectivity index (χ1n) is 9.87. The van der Waals surface area contributed by atoms with E-state index in [1.165, 1.54) is 21.3 Å². The number of imidazole rings is 1. The van der Waals surface area contributed by atoms with Crippen molar-refractivity contribution in [2.45, 2.75) is 25.4 Å². The number of fused-ring (bicyclic) bond motifs is 1. The summed E-state index contributed by atoms with van der Waals surface area (Å²) in [7, 11) is 1.56. The zero-order valence-corrected chi connectivity index (χ0v) is 17.4. The molecule has 2 aromatic carbocycles. The number of hydrogen-bond acceptors (Lipinski definition) is 5. The molecule has 1 aliphatic rings. The van der Waals surface area contributed by atoms with Crippen LogP contribution in [0.4, 0.5) is 10.3 Å². The highest BCUT2D eigenvalue weighted by Gasteiger charge is 2.24. The third-order valence-electron chi connectivity index (χ3n) is 5.27. The smallest absolute Gasteiger partial charge is 0.335 e. The molecule has 0 atom stereocenters. The summed E-state index contributed by atoms with van der Waals surface area (Å²) in [4.78, 5) is 22.5. The van der Waals surface area contributed by atoms with Gasteiger partial charge >= 0.3 is 5.69 Å². The van der Waals surface area contributed by atoms with Gasteiger partial charge in [0.25, 0.3) is 0 Å². The van der Waals surface area contributed by atoms with Gasteiger partial charge in [0.1, 0.15) is 17.1 Å². The normalized spacial score (nSPS) is 13.5. The van der Waals surface area contributed by atoms with Crippen LogP contribution in [0.2, 0.25) is 5.02 Å². The monoisotopic (exact) mass is 439 g/mol. The van der Waals surface area contributed by atoms with Crippen molar-refractivity contribution in [3.63, 3.8) is 0 Å². The van der Waals surface area contributed by atoms with Crippen molar-refractivity contribution in [2.75, 3.05) is 12.4 Å². The number of halogens is 2. The van der Waals surface area contributed by atoms with Gasteiger partial charge in [-0.1, -0.05) is 23.7 Å². The summed E-state index contributed by atoms with van der Waals surface area (Å²) < 4.78 is 22.7. The summed E-state index contributed by atoms with van der Waals surface area (Å²) in [6.45, 7) is -0.0451. The van der Waals surface area contributed by atoms with E-state index >= 15 is 0 Å². The maximum atomic E-state index is 14.4. The van der Waals surface area contributed by atoms with Gasteiger partial charge in [0.15, 0.2) is 5.65 Å². The molecule has 5 rings (SSSR count). The quantitative estimate of drug-likeness (QED) is 0.491. The Hall–Kier alpha value is -3.39. The molecule has 0 unspecified atom stereocenters. The van der Waals surface area contributed by atoms with E-state index in [-0.39, 0.29) is 22.8 Å². The Kier molecular flexibility index (Phi) is 4.86. The van der Waals surface area contributed by atoms with Crippen LogP contribution in [0.1, 0.15) is 18.4 Å². The fourth-order valence-corrected chi connectivity index (χ4v) is 3.71. The molecule has 2 heterocycles. The van der Waals surface area contributed by atoms with Gasteiger partial charge in [-0.2, -0.15) is 4.98 Å². The zero-order valence-electron chi connectivity index (χ0n) is 16.7. The molecule has 0 aliphatic heterocycles. The third-order valence-corrected chi connectivity index (χ3v) is 5.63. The summed E-state index contributed by atoms with van der Waals surface area (Å²) in [6, 6.07) is 11.9. The van der Waals surface area contributed by atoms with E-state index in [1.807, 2.05) is 0 Å². The van der Waals surface area contributed by atoms with Crippen LogP contribution in [0.5, 0.6) is 5.75 Å². The van der Waals surface area contributed by atoms with Crippen molar-refractivity contribution in [1.82, 2.24) is 19.1 Å². The van der Waals surface area contributed by atoms with Gasteiger partial charge in [-0.15, -0.1) is 0 Å². The van der Waals surface area contributed by atoms with Crippen molar-refractivity contribution in [3.05, 3.63) is 75.5 Å². The molecule has 0 radical (unpaired) electrons. The lowest BCUT2D eigenvalue weighted by atomic mass is 10.2. The number of nitrogens with one attached hydrogen (secondary N) is 1. The van der Waals surface area contributed by atoms with Crippen LogP contribution in [0, 0.1) is 5.82 Å². The second kappa shape index (κ2) is 7.70. The number of ether oxygens (including phenoxy) is 1. The van der Waals surface area contributed by atoms with E-state index in [0.29, 0.717) is 34.6 Å². The Labute approximate surface area is 182 Å². The molecule has 4 aromatic rings. The lowest BCUT2D eigenvalue weighted by Gasteiger charge is -2.07. The number of nitrogens with zero attached hydrogens (tertiary/aromatic N) is 4. The van der Waals surface area contributed by atoms with Crippen LogP contribution in [-0.4, -0.2) is 32.3 Å². The van der Waals surface area contributed by atoms with Gasteiger partial charge in [-0.25, -0.2) is 18.7 Å². The lowest BCUT2D eigenvalue weighted by molar-refractivity contribution is 0.414. The van der Waals surface area contributed by atoms with Crippen LogP contribution in [0.15, 0.2) is 53.5 Å². The largest absolute Gasteiger partial charge is 0.497 e. The van der Waals surface area contributed by atoms with Crippen molar-refractivity contribution < 1.29 is 9.13 Å². The summed E-state index contributed by atoms with van der Waals surface area (Å²) >= 11 is 6.22. The van der Waals surface area contributed by atoms with Crippen molar-refractivity contribution in [3.8, 4) is 11.4 Å². The zero-order chi connectivity index (χ0) is 21.5. The molecule has 31 heavy (non-hydrogen) atoms. The highest BCUT2D eigenvalue weighted by atomic mass is 35.5. The van der Waals surface area contributed by atoms with Crippen molar-refractivity contribution in [1.29, 1.82) is 0 Å². The number of aromatic nitrogens is 4. The molecule has 0 spiro atoms. The van der Waals surface area contributed by atoms with Gasteiger partial charge in [0.2, 0.25) is 5.95 Å². The minimum absolute atomic E-state index is 0.0451. The summed E-state index contributed by atoms with van der Waals surface area (Å²) in [6.07, 6.45) is 3.72.